The number of rotatable bonds is 2. The molecular formula is C13H14N2O2S. The summed E-state index contributed by atoms with van der Waals surface area (Å²) in [6, 6.07) is 7.87. The minimum absolute atomic E-state index is 0.160. The molecule has 1 saturated heterocycles. The van der Waals surface area contributed by atoms with E-state index in [1.54, 1.807) is 11.3 Å². The van der Waals surface area contributed by atoms with Crippen LogP contribution in [-0.4, -0.2) is 30.6 Å². The third-order valence-electron chi connectivity index (χ3n) is 3.25. The predicted molar refractivity (Wildman–Crippen MR) is 72.0 cm³/mol. The minimum Gasteiger partial charge on any atom is -0.467 e. The second-order valence-corrected chi connectivity index (χ2v) is 5.35. The Morgan fingerprint density at radius 1 is 1.50 bits per heavy atom. The lowest BCUT2D eigenvalue weighted by Gasteiger charge is -2.21. The molecule has 0 radical (unpaired) electrons. The number of esters is 1. The number of fused-ring (bicyclic) bond motifs is 1. The Kier molecular flexibility index (Phi) is 2.91. The Hall–Kier alpha value is -1.62. The lowest BCUT2D eigenvalue weighted by molar-refractivity contribution is -0.141. The highest BCUT2D eigenvalue weighted by Crippen LogP contribution is 2.33. The highest BCUT2D eigenvalue weighted by Gasteiger charge is 2.33. The SMILES string of the molecule is COC(=O)C1CCCN1c1nc2ccccc2s1. The van der Waals surface area contributed by atoms with E-state index < -0.39 is 0 Å². The molecule has 18 heavy (non-hydrogen) atoms. The fraction of sp³-hybridized carbons (Fsp3) is 0.385. The zero-order chi connectivity index (χ0) is 12.5. The van der Waals surface area contributed by atoms with Crippen LogP contribution in [0.3, 0.4) is 0 Å². The van der Waals surface area contributed by atoms with Crippen molar-refractivity contribution in [2.24, 2.45) is 0 Å². The molecule has 1 aromatic carbocycles. The summed E-state index contributed by atoms with van der Waals surface area (Å²) in [7, 11) is 1.44. The molecule has 4 nitrogen and oxygen atoms in total. The van der Waals surface area contributed by atoms with Gasteiger partial charge in [0.1, 0.15) is 6.04 Å². The molecule has 1 aromatic heterocycles. The number of thiazole rings is 1. The van der Waals surface area contributed by atoms with Gasteiger partial charge in [0.15, 0.2) is 5.13 Å². The maximum Gasteiger partial charge on any atom is 0.328 e. The van der Waals surface area contributed by atoms with Crippen molar-refractivity contribution in [3.63, 3.8) is 0 Å². The number of hydrogen-bond donors (Lipinski definition) is 0. The average molecular weight is 262 g/mol. The third kappa shape index (κ3) is 1.84. The van der Waals surface area contributed by atoms with Crippen molar-refractivity contribution in [2.75, 3.05) is 18.6 Å². The molecule has 0 amide bonds. The van der Waals surface area contributed by atoms with Crippen LogP contribution in [0, 0.1) is 0 Å². The highest BCUT2D eigenvalue weighted by molar-refractivity contribution is 7.22. The molecule has 0 saturated carbocycles. The van der Waals surface area contributed by atoms with Gasteiger partial charge in [0.05, 0.1) is 17.3 Å². The minimum atomic E-state index is -0.171. The predicted octanol–water partition coefficient (Wildman–Crippen LogP) is 2.44. The van der Waals surface area contributed by atoms with Crippen LogP contribution in [0.25, 0.3) is 10.2 Å². The number of carbonyl (C=O) groups is 1. The first kappa shape index (κ1) is 11.5. The van der Waals surface area contributed by atoms with Crippen LogP contribution in [0.2, 0.25) is 0 Å². The van der Waals surface area contributed by atoms with Crippen molar-refractivity contribution in [3.05, 3.63) is 24.3 Å². The number of methoxy groups -OCH3 is 1. The van der Waals surface area contributed by atoms with Crippen molar-refractivity contribution >= 4 is 32.7 Å². The molecule has 1 unspecified atom stereocenters. The molecule has 1 atom stereocenters. The standard InChI is InChI=1S/C13H14N2O2S/c1-17-12(16)10-6-4-8-15(10)13-14-9-5-2-3-7-11(9)18-13/h2-3,5,7,10H,4,6,8H2,1H3. The number of anilines is 1. The van der Waals surface area contributed by atoms with Gasteiger partial charge in [0.2, 0.25) is 0 Å². The first-order valence-corrected chi connectivity index (χ1v) is 6.81. The topological polar surface area (TPSA) is 42.4 Å². The Morgan fingerprint density at radius 2 is 2.33 bits per heavy atom. The molecule has 0 bridgehead atoms. The number of ether oxygens (including phenoxy) is 1. The summed E-state index contributed by atoms with van der Waals surface area (Å²) in [5.41, 5.74) is 0.994. The van der Waals surface area contributed by atoms with Gasteiger partial charge in [0.25, 0.3) is 0 Å². The van der Waals surface area contributed by atoms with Gasteiger partial charge in [-0.15, -0.1) is 0 Å². The molecule has 1 fully saturated rings. The molecule has 2 heterocycles. The summed E-state index contributed by atoms with van der Waals surface area (Å²) >= 11 is 1.63. The van der Waals surface area contributed by atoms with E-state index in [1.165, 1.54) is 7.11 Å². The Labute approximate surface area is 109 Å². The van der Waals surface area contributed by atoms with E-state index in [1.807, 2.05) is 18.2 Å². The van der Waals surface area contributed by atoms with Crippen LogP contribution < -0.4 is 4.90 Å². The summed E-state index contributed by atoms with van der Waals surface area (Å²) in [5, 5.41) is 0.920. The summed E-state index contributed by atoms with van der Waals surface area (Å²) in [4.78, 5) is 18.4. The van der Waals surface area contributed by atoms with Gasteiger partial charge in [-0.05, 0) is 25.0 Å². The van der Waals surface area contributed by atoms with E-state index in [9.17, 15) is 4.79 Å². The number of hydrogen-bond acceptors (Lipinski definition) is 5. The van der Waals surface area contributed by atoms with E-state index >= 15 is 0 Å². The molecule has 2 aromatic rings. The number of aromatic nitrogens is 1. The first-order chi connectivity index (χ1) is 8.79. The zero-order valence-electron chi connectivity index (χ0n) is 10.1. The molecule has 5 heteroatoms. The lowest BCUT2D eigenvalue weighted by Crippen LogP contribution is -2.36. The van der Waals surface area contributed by atoms with Crippen LogP contribution in [0.1, 0.15) is 12.8 Å². The Bertz CT molecular complexity index is 548. The molecule has 3 rings (SSSR count). The molecule has 0 spiro atoms. The number of benzene rings is 1. The van der Waals surface area contributed by atoms with Gasteiger partial charge < -0.3 is 9.64 Å². The number of carbonyl (C=O) groups excluding carboxylic acids is 1. The quantitative estimate of drug-likeness (QED) is 0.780. The number of para-hydroxylation sites is 1. The summed E-state index contributed by atoms with van der Waals surface area (Å²) in [6.45, 7) is 0.875. The smallest absolute Gasteiger partial charge is 0.328 e. The average Bonchev–Trinajstić information content (AvgIpc) is 3.03. The maximum atomic E-state index is 11.7. The van der Waals surface area contributed by atoms with Gasteiger partial charge in [-0.25, -0.2) is 9.78 Å². The van der Waals surface area contributed by atoms with Gasteiger partial charge in [-0.3, -0.25) is 0 Å². The molecule has 0 aliphatic carbocycles. The van der Waals surface area contributed by atoms with Gasteiger partial charge in [-0.2, -0.15) is 0 Å². The summed E-state index contributed by atoms with van der Waals surface area (Å²) < 4.78 is 6.01. The maximum absolute atomic E-state index is 11.7. The van der Waals surface area contributed by atoms with Crippen molar-refractivity contribution in [1.82, 2.24) is 4.98 Å². The first-order valence-electron chi connectivity index (χ1n) is 5.99. The fourth-order valence-electron chi connectivity index (χ4n) is 2.36. The molecule has 1 aliphatic heterocycles. The van der Waals surface area contributed by atoms with E-state index in [0.29, 0.717) is 0 Å². The van der Waals surface area contributed by atoms with E-state index in [-0.39, 0.29) is 12.0 Å². The Balaban J connectivity index is 1.95. The van der Waals surface area contributed by atoms with E-state index in [0.717, 1.165) is 34.7 Å². The normalized spacial score (nSPS) is 19.4. The van der Waals surface area contributed by atoms with Gasteiger partial charge >= 0.3 is 5.97 Å². The van der Waals surface area contributed by atoms with Crippen LogP contribution in [-0.2, 0) is 9.53 Å². The largest absolute Gasteiger partial charge is 0.467 e. The van der Waals surface area contributed by atoms with Crippen molar-refractivity contribution in [3.8, 4) is 0 Å². The van der Waals surface area contributed by atoms with E-state index in [2.05, 4.69) is 16.0 Å². The van der Waals surface area contributed by atoms with Crippen molar-refractivity contribution in [1.29, 1.82) is 0 Å². The number of nitrogens with zero attached hydrogens (tertiary/aromatic N) is 2. The lowest BCUT2D eigenvalue weighted by atomic mass is 10.2. The van der Waals surface area contributed by atoms with Crippen LogP contribution in [0.5, 0.6) is 0 Å². The molecule has 1 aliphatic rings. The zero-order valence-corrected chi connectivity index (χ0v) is 10.9. The van der Waals surface area contributed by atoms with Crippen molar-refractivity contribution < 1.29 is 9.53 Å². The van der Waals surface area contributed by atoms with Crippen LogP contribution in [0.15, 0.2) is 24.3 Å². The summed E-state index contributed by atoms with van der Waals surface area (Å²) in [5.74, 6) is -0.160. The molecule has 0 N–H and O–H groups in total. The fourth-order valence-corrected chi connectivity index (χ4v) is 3.40. The van der Waals surface area contributed by atoms with Gasteiger partial charge in [0, 0.05) is 6.54 Å². The second-order valence-electron chi connectivity index (χ2n) is 4.34. The van der Waals surface area contributed by atoms with E-state index in [4.69, 9.17) is 4.74 Å². The monoisotopic (exact) mass is 262 g/mol. The van der Waals surface area contributed by atoms with Crippen LogP contribution in [0.4, 0.5) is 5.13 Å². The molecular weight excluding hydrogens is 248 g/mol. The van der Waals surface area contributed by atoms with Crippen LogP contribution >= 0.6 is 11.3 Å². The molecule has 94 valence electrons. The third-order valence-corrected chi connectivity index (χ3v) is 4.33. The van der Waals surface area contributed by atoms with Gasteiger partial charge in [-0.1, -0.05) is 23.5 Å². The summed E-state index contributed by atoms with van der Waals surface area (Å²) in [6.07, 6.45) is 1.86. The Morgan fingerprint density at radius 3 is 3.11 bits per heavy atom. The highest BCUT2D eigenvalue weighted by atomic mass is 32.1. The van der Waals surface area contributed by atoms with Crippen molar-refractivity contribution in [2.45, 2.75) is 18.9 Å². The second kappa shape index (κ2) is 4.57.